The number of anilines is 1. The molecule has 86 valence electrons. The van der Waals surface area contributed by atoms with Crippen LogP contribution in [-0.2, 0) is 4.79 Å². The maximum Gasteiger partial charge on any atom is 0.227 e. The van der Waals surface area contributed by atoms with E-state index in [2.05, 4.69) is 20.9 Å². The summed E-state index contributed by atoms with van der Waals surface area (Å²) in [7, 11) is 0. The number of carbonyl (C=O) groups is 1. The van der Waals surface area contributed by atoms with Gasteiger partial charge in [0.1, 0.15) is 5.69 Å². The molecule has 1 saturated heterocycles. The number of hydrogen-bond acceptors (Lipinski definition) is 3. The van der Waals surface area contributed by atoms with Gasteiger partial charge < -0.3 is 15.0 Å². The second kappa shape index (κ2) is 4.39. The number of aliphatic hydroxyl groups is 1. The number of nitrogens with zero attached hydrogens (tertiary/aromatic N) is 1. The van der Waals surface area contributed by atoms with E-state index in [0.717, 1.165) is 0 Å². The van der Waals surface area contributed by atoms with Gasteiger partial charge in [-0.1, -0.05) is 0 Å². The molecule has 1 amide bonds. The van der Waals surface area contributed by atoms with Crippen LogP contribution in [0.4, 0.5) is 5.69 Å². The van der Waals surface area contributed by atoms with Crippen LogP contribution in [-0.4, -0.2) is 29.1 Å². The van der Waals surface area contributed by atoms with Crippen LogP contribution < -0.4 is 10.3 Å². The van der Waals surface area contributed by atoms with Crippen molar-refractivity contribution in [3.8, 4) is 0 Å². The average Bonchev–Trinajstić information content (AvgIpc) is 2.64. The molecule has 0 bridgehead atoms. The molecule has 1 atom stereocenters. The number of pyridine rings is 1. The van der Waals surface area contributed by atoms with Gasteiger partial charge in [-0.3, -0.25) is 9.59 Å². The Morgan fingerprint density at radius 1 is 1.50 bits per heavy atom. The van der Waals surface area contributed by atoms with Crippen LogP contribution in [0.15, 0.2) is 21.7 Å². The quantitative estimate of drug-likeness (QED) is 0.831. The molecule has 1 aromatic rings. The van der Waals surface area contributed by atoms with E-state index in [1.807, 2.05) is 0 Å². The van der Waals surface area contributed by atoms with Gasteiger partial charge in [0.25, 0.3) is 0 Å². The van der Waals surface area contributed by atoms with Crippen LogP contribution in [0.5, 0.6) is 0 Å². The zero-order valence-electron chi connectivity index (χ0n) is 8.44. The second-order valence-electron chi connectivity index (χ2n) is 3.77. The first-order chi connectivity index (χ1) is 7.63. The highest BCUT2D eigenvalue weighted by molar-refractivity contribution is 9.10. The molecule has 0 aromatic carbocycles. The summed E-state index contributed by atoms with van der Waals surface area (Å²) in [6.45, 7) is 0.364. The molecular formula is C10H11BrN2O3. The summed E-state index contributed by atoms with van der Waals surface area (Å²) in [5.41, 5.74) is 0.112. The highest BCUT2D eigenvalue weighted by atomic mass is 79.9. The van der Waals surface area contributed by atoms with Gasteiger partial charge in [-0.25, -0.2) is 0 Å². The fourth-order valence-electron chi connectivity index (χ4n) is 1.78. The Morgan fingerprint density at radius 3 is 2.88 bits per heavy atom. The molecule has 16 heavy (non-hydrogen) atoms. The summed E-state index contributed by atoms with van der Waals surface area (Å²) in [4.78, 5) is 27.6. The molecule has 2 heterocycles. The SMILES string of the molecule is O=C1CC(CO)CN1c1c[nH]cc(Br)c1=O. The second-order valence-corrected chi connectivity index (χ2v) is 4.63. The molecule has 1 aromatic heterocycles. The molecule has 2 N–H and O–H groups in total. The lowest BCUT2D eigenvalue weighted by Gasteiger charge is -2.15. The summed E-state index contributed by atoms with van der Waals surface area (Å²) in [6.07, 6.45) is 3.32. The lowest BCUT2D eigenvalue weighted by molar-refractivity contribution is -0.117. The van der Waals surface area contributed by atoms with Gasteiger partial charge in [0.05, 0.1) is 4.47 Å². The Bertz CT molecular complexity index is 471. The van der Waals surface area contributed by atoms with Crippen LogP contribution in [0.3, 0.4) is 0 Å². The van der Waals surface area contributed by atoms with Gasteiger partial charge in [-0.2, -0.15) is 0 Å². The highest BCUT2D eigenvalue weighted by Gasteiger charge is 2.31. The van der Waals surface area contributed by atoms with E-state index in [0.29, 0.717) is 23.1 Å². The Kier molecular flexibility index (Phi) is 3.11. The predicted octanol–water partition coefficient (Wildman–Crippen LogP) is 0.483. The Hall–Kier alpha value is -1.14. The smallest absolute Gasteiger partial charge is 0.227 e. The topological polar surface area (TPSA) is 73.4 Å². The van der Waals surface area contributed by atoms with Crippen molar-refractivity contribution >= 4 is 27.5 Å². The zero-order valence-corrected chi connectivity index (χ0v) is 10.0. The number of rotatable bonds is 2. The van der Waals surface area contributed by atoms with Gasteiger partial charge in [-0.15, -0.1) is 0 Å². The molecule has 0 saturated carbocycles. The van der Waals surface area contributed by atoms with Crippen molar-refractivity contribution in [2.75, 3.05) is 18.1 Å². The zero-order chi connectivity index (χ0) is 11.7. The molecule has 1 aliphatic heterocycles. The molecule has 0 spiro atoms. The Morgan fingerprint density at radius 2 is 2.25 bits per heavy atom. The molecular weight excluding hydrogens is 276 g/mol. The van der Waals surface area contributed by atoms with E-state index in [-0.39, 0.29) is 23.9 Å². The van der Waals surface area contributed by atoms with Crippen molar-refractivity contribution in [1.29, 1.82) is 0 Å². The van der Waals surface area contributed by atoms with Gasteiger partial charge in [-0.05, 0) is 15.9 Å². The van der Waals surface area contributed by atoms with Crippen molar-refractivity contribution < 1.29 is 9.90 Å². The van der Waals surface area contributed by atoms with E-state index >= 15 is 0 Å². The first-order valence-corrected chi connectivity index (χ1v) is 5.70. The minimum atomic E-state index is -0.217. The molecule has 0 aliphatic carbocycles. The third-order valence-corrected chi connectivity index (χ3v) is 3.22. The minimum absolute atomic E-state index is 0.0336. The number of amides is 1. The maximum atomic E-state index is 11.8. The van der Waals surface area contributed by atoms with Crippen molar-refractivity contribution in [3.05, 3.63) is 27.1 Å². The molecule has 1 aliphatic rings. The molecule has 1 unspecified atom stereocenters. The standard InChI is InChI=1S/C10H11BrN2O3/c11-7-2-12-3-8(10(7)16)13-4-6(5-14)1-9(13)15/h2-3,6,14H,1,4-5H2,(H,12,16). The predicted molar refractivity (Wildman–Crippen MR) is 62.3 cm³/mol. The summed E-state index contributed by atoms with van der Waals surface area (Å²) in [5.74, 6) is -0.200. The number of nitrogens with one attached hydrogen (secondary N) is 1. The lowest BCUT2D eigenvalue weighted by atomic mass is 10.1. The number of halogens is 1. The van der Waals surface area contributed by atoms with Crippen LogP contribution in [0.25, 0.3) is 0 Å². The first kappa shape index (κ1) is 11.3. The van der Waals surface area contributed by atoms with Crippen molar-refractivity contribution in [2.24, 2.45) is 5.92 Å². The monoisotopic (exact) mass is 286 g/mol. The van der Waals surface area contributed by atoms with Crippen molar-refractivity contribution in [3.63, 3.8) is 0 Å². The lowest BCUT2D eigenvalue weighted by Crippen LogP contribution is -2.30. The third-order valence-electron chi connectivity index (χ3n) is 2.63. The fraction of sp³-hybridized carbons (Fsp3) is 0.400. The molecule has 1 fully saturated rings. The molecule has 0 radical (unpaired) electrons. The highest BCUT2D eigenvalue weighted by Crippen LogP contribution is 2.22. The van der Waals surface area contributed by atoms with E-state index in [4.69, 9.17) is 5.11 Å². The number of hydrogen-bond donors (Lipinski definition) is 2. The summed E-state index contributed by atoms with van der Waals surface area (Å²) >= 11 is 3.11. The molecule has 5 nitrogen and oxygen atoms in total. The van der Waals surface area contributed by atoms with Crippen LogP contribution >= 0.6 is 15.9 Å². The van der Waals surface area contributed by atoms with Gasteiger partial charge in [0.15, 0.2) is 0 Å². The number of aromatic nitrogens is 1. The summed E-state index contributed by atoms with van der Waals surface area (Å²) in [5, 5.41) is 9.00. The van der Waals surface area contributed by atoms with Crippen LogP contribution in [0, 0.1) is 5.92 Å². The first-order valence-electron chi connectivity index (χ1n) is 4.91. The van der Waals surface area contributed by atoms with E-state index in [9.17, 15) is 9.59 Å². The van der Waals surface area contributed by atoms with Gasteiger partial charge in [0, 0.05) is 37.9 Å². The molecule has 2 rings (SSSR count). The van der Waals surface area contributed by atoms with E-state index < -0.39 is 0 Å². The van der Waals surface area contributed by atoms with Gasteiger partial charge >= 0.3 is 0 Å². The third kappa shape index (κ3) is 1.90. The minimum Gasteiger partial charge on any atom is -0.396 e. The van der Waals surface area contributed by atoms with E-state index in [1.165, 1.54) is 17.3 Å². The van der Waals surface area contributed by atoms with Crippen molar-refractivity contribution in [2.45, 2.75) is 6.42 Å². The Balaban J connectivity index is 2.35. The van der Waals surface area contributed by atoms with Crippen LogP contribution in [0.1, 0.15) is 6.42 Å². The fourth-order valence-corrected chi connectivity index (χ4v) is 2.12. The van der Waals surface area contributed by atoms with Crippen LogP contribution in [0.2, 0.25) is 0 Å². The number of aromatic amines is 1. The normalized spacial score (nSPS) is 20.5. The van der Waals surface area contributed by atoms with E-state index in [1.54, 1.807) is 0 Å². The molecule has 6 heteroatoms. The largest absolute Gasteiger partial charge is 0.396 e. The van der Waals surface area contributed by atoms with Crippen molar-refractivity contribution in [1.82, 2.24) is 4.98 Å². The summed E-state index contributed by atoms with van der Waals surface area (Å²) < 4.78 is 0.394. The number of carbonyl (C=O) groups excluding carboxylic acids is 1. The average molecular weight is 287 g/mol. The maximum absolute atomic E-state index is 11.8. The number of aliphatic hydroxyl groups excluding tert-OH is 1. The Labute approximate surface area is 100 Å². The summed E-state index contributed by atoms with van der Waals surface area (Å²) in [6, 6.07) is 0. The number of H-pyrrole nitrogens is 1. The van der Waals surface area contributed by atoms with Gasteiger partial charge in [0.2, 0.25) is 11.3 Å².